The molecule has 0 spiro atoms. The summed E-state index contributed by atoms with van der Waals surface area (Å²) in [5.41, 5.74) is -0.706. The monoisotopic (exact) mass is 273 g/mol. The molecule has 0 aliphatic carbocycles. The Morgan fingerprint density at radius 3 is 2.67 bits per heavy atom. The molecule has 1 heterocycles. The third-order valence-corrected chi connectivity index (χ3v) is 4.77. The lowest BCUT2D eigenvalue weighted by atomic mass is 10.1. The van der Waals surface area contributed by atoms with Gasteiger partial charge in [0.15, 0.2) is 0 Å². The van der Waals surface area contributed by atoms with Crippen LogP contribution in [0.3, 0.4) is 0 Å². The van der Waals surface area contributed by atoms with Gasteiger partial charge in [-0.3, -0.25) is 4.31 Å². The lowest BCUT2D eigenvalue weighted by Gasteiger charge is -2.19. The number of hydrogen-bond acceptors (Lipinski definition) is 3. The summed E-state index contributed by atoms with van der Waals surface area (Å²) >= 11 is 0. The molecule has 7 heteroatoms. The number of halogens is 1. The molecule has 98 valence electrons. The van der Waals surface area contributed by atoms with Gasteiger partial charge in [-0.25, -0.2) is 17.6 Å². The van der Waals surface area contributed by atoms with Crippen LogP contribution in [0, 0.1) is 11.7 Å². The van der Waals surface area contributed by atoms with Crippen molar-refractivity contribution in [3.63, 3.8) is 0 Å². The van der Waals surface area contributed by atoms with E-state index in [1.807, 2.05) is 0 Å². The number of hydrogen-bond donors (Lipinski definition) is 1. The van der Waals surface area contributed by atoms with Crippen molar-refractivity contribution < 1.29 is 22.7 Å². The lowest BCUT2D eigenvalue weighted by Crippen LogP contribution is -2.28. The first-order valence-electron chi connectivity index (χ1n) is 5.35. The molecule has 0 aromatic heterocycles. The Morgan fingerprint density at radius 1 is 1.50 bits per heavy atom. The summed E-state index contributed by atoms with van der Waals surface area (Å²) in [5, 5.41) is 9.00. The van der Waals surface area contributed by atoms with E-state index in [0.717, 1.165) is 10.4 Å². The maximum atomic E-state index is 13.8. The summed E-state index contributed by atoms with van der Waals surface area (Å²) in [7, 11) is -3.64. The number of rotatable bonds is 2. The Hall–Kier alpha value is -1.63. The fourth-order valence-electron chi connectivity index (χ4n) is 2.07. The lowest BCUT2D eigenvalue weighted by molar-refractivity contribution is 0.0697. The van der Waals surface area contributed by atoms with Gasteiger partial charge in [0.1, 0.15) is 11.5 Å². The number of nitrogens with zero attached hydrogens (tertiary/aromatic N) is 1. The van der Waals surface area contributed by atoms with Gasteiger partial charge in [0.25, 0.3) is 0 Å². The molecule has 0 bridgehead atoms. The largest absolute Gasteiger partial charge is 0.478 e. The molecule has 1 aliphatic heterocycles. The Morgan fingerprint density at radius 2 is 2.17 bits per heavy atom. The molecule has 1 aromatic rings. The summed E-state index contributed by atoms with van der Waals surface area (Å²) in [6.07, 6.45) is 0. The normalized spacial score (nSPS) is 22.1. The number of carbonyl (C=O) groups is 1. The van der Waals surface area contributed by atoms with E-state index < -0.39 is 21.8 Å². The van der Waals surface area contributed by atoms with Crippen LogP contribution in [0.25, 0.3) is 0 Å². The van der Waals surface area contributed by atoms with Crippen LogP contribution in [0.4, 0.5) is 10.1 Å². The molecule has 18 heavy (non-hydrogen) atoms. The van der Waals surface area contributed by atoms with Crippen LogP contribution in [0.1, 0.15) is 17.3 Å². The van der Waals surface area contributed by atoms with E-state index in [1.165, 1.54) is 12.1 Å². The molecule has 2 rings (SSSR count). The second-order valence-electron chi connectivity index (χ2n) is 4.36. The number of aromatic carboxylic acids is 1. The van der Waals surface area contributed by atoms with E-state index in [0.29, 0.717) is 0 Å². The third-order valence-electron chi connectivity index (χ3n) is 2.78. The van der Waals surface area contributed by atoms with Gasteiger partial charge in [-0.05, 0) is 18.1 Å². The quantitative estimate of drug-likeness (QED) is 0.881. The summed E-state index contributed by atoms with van der Waals surface area (Å²) in [5.74, 6) is -2.44. The second-order valence-corrected chi connectivity index (χ2v) is 6.29. The highest BCUT2D eigenvalue weighted by molar-refractivity contribution is 7.93. The third kappa shape index (κ3) is 2.05. The van der Waals surface area contributed by atoms with E-state index in [1.54, 1.807) is 6.92 Å². The molecule has 1 aliphatic rings. The van der Waals surface area contributed by atoms with Crippen molar-refractivity contribution in [1.29, 1.82) is 0 Å². The minimum Gasteiger partial charge on any atom is -0.478 e. The summed E-state index contributed by atoms with van der Waals surface area (Å²) < 4.78 is 38.4. The van der Waals surface area contributed by atoms with Crippen LogP contribution in [0.15, 0.2) is 18.2 Å². The van der Waals surface area contributed by atoms with E-state index >= 15 is 0 Å². The number of carboxylic acid groups (broad SMARTS) is 1. The predicted octanol–water partition coefficient (Wildman–Crippen LogP) is 1.31. The molecular formula is C11H12FNO4S. The Labute approximate surface area is 104 Å². The van der Waals surface area contributed by atoms with Gasteiger partial charge in [0.2, 0.25) is 10.0 Å². The van der Waals surface area contributed by atoms with Crippen molar-refractivity contribution in [3.05, 3.63) is 29.6 Å². The molecule has 1 saturated heterocycles. The zero-order valence-electron chi connectivity index (χ0n) is 9.63. The van der Waals surface area contributed by atoms with Crippen molar-refractivity contribution in [2.75, 3.05) is 16.6 Å². The zero-order chi connectivity index (χ0) is 13.5. The Bertz CT molecular complexity index is 599. The highest BCUT2D eigenvalue weighted by atomic mass is 32.2. The van der Waals surface area contributed by atoms with Gasteiger partial charge in [0.05, 0.1) is 11.3 Å². The molecule has 1 N–H and O–H groups in total. The van der Waals surface area contributed by atoms with E-state index in [4.69, 9.17) is 5.11 Å². The SMILES string of the molecule is CC1CN(c2c(F)cccc2C(=O)O)S(=O)(=O)C1. The molecule has 0 amide bonds. The fraction of sp³-hybridized carbons (Fsp3) is 0.364. The molecular weight excluding hydrogens is 261 g/mol. The van der Waals surface area contributed by atoms with Crippen LogP contribution in [-0.4, -0.2) is 31.8 Å². The van der Waals surface area contributed by atoms with Crippen LogP contribution < -0.4 is 4.31 Å². The molecule has 1 atom stereocenters. The first-order valence-corrected chi connectivity index (χ1v) is 6.96. The Kier molecular flexibility index (Phi) is 3.02. The second kappa shape index (κ2) is 4.24. The minimum atomic E-state index is -3.64. The highest BCUT2D eigenvalue weighted by Gasteiger charge is 2.37. The van der Waals surface area contributed by atoms with Gasteiger partial charge >= 0.3 is 5.97 Å². The van der Waals surface area contributed by atoms with Crippen LogP contribution in [0.2, 0.25) is 0 Å². The predicted molar refractivity (Wildman–Crippen MR) is 63.7 cm³/mol. The number of sulfonamides is 1. The summed E-state index contributed by atoms with van der Waals surface area (Å²) in [4.78, 5) is 11.0. The van der Waals surface area contributed by atoms with E-state index in [9.17, 15) is 17.6 Å². The first kappa shape index (κ1) is 12.8. The van der Waals surface area contributed by atoms with Gasteiger partial charge in [0, 0.05) is 6.54 Å². The number of benzene rings is 1. The molecule has 0 radical (unpaired) electrons. The smallest absolute Gasteiger partial charge is 0.337 e. The summed E-state index contributed by atoms with van der Waals surface area (Å²) in [6.45, 7) is 1.82. The van der Waals surface area contributed by atoms with Crippen molar-refractivity contribution in [2.24, 2.45) is 5.92 Å². The van der Waals surface area contributed by atoms with Gasteiger partial charge in [-0.2, -0.15) is 0 Å². The number of carboxylic acids is 1. The standard InChI is InChI=1S/C11H12FNO4S/c1-7-5-13(18(16,17)6-7)10-8(11(14)15)3-2-4-9(10)12/h2-4,7H,5-6H2,1H3,(H,14,15). The fourth-order valence-corrected chi connectivity index (χ4v) is 4.02. The average Bonchev–Trinajstić information content (AvgIpc) is 2.51. The highest BCUT2D eigenvalue weighted by Crippen LogP contribution is 2.32. The Balaban J connectivity index is 2.61. The van der Waals surface area contributed by atoms with Gasteiger partial charge in [-0.1, -0.05) is 13.0 Å². The maximum absolute atomic E-state index is 13.8. The minimum absolute atomic E-state index is 0.0968. The van der Waals surface area contributed by atoms with Gasteiger partial charge in [-0.15, -0.1) is 0 Å². The molecule has 1 fully saturated rings. The van der Waals surface area contributed by atoms with Crippen LogP contribution in [0.5, 0.6) is 0 Å². The maximum Gasteiger partial charge on any atom is 0.337 e. The number of anilines is 1. The van der Waals surface area contributed by atoms with Crippen LogP contribution in [-0.2, 0) is 10.0 Å². The van der Waals surface area contributed by atoms with E-state index in [-0.39, 0.29) is 29.5 Å². The molecule has 1 aromatic carbocycles. The van der Waals surface area contributed by atoms with Gasteiger partial charge < -0.3 is 5.11 Å². The van der Waals surface area contributed by atoms with E-state index in [2.05, 4.69) is 0 Å². The van der Waals surface area contributed by atoms with Crippen LogP contribution >= 0.6 is 0 Å². The molecule has 1 unspecified atom stereocenters. The zero-order valence-corrected chi connectivity index (χ0v) is 10.4. The average molecular weight is 273 g/mol. The summed E-state index contributed by atoms with van der Waals surface area (Å²) in [6, 6.07) is 3.49. The molecule has 5 nitrogen and oxygen atoms in total. The first-order chi connectivity index (χ1) is 8.33. The topological polar surface area (TPSA) is 74.7 Å². The van der Waals surface area contributed by atoms with Crippen molar-refractivity contribution in [3.8, 4) is 0 Å². The number of para-hydroxylation sites is 1. The van der Waals surface area contributed by atoms with Crippen molar-refractivity contribution in [2.45, 2.75) is 6.92 Å². The van der Waals surface area contributed by atoms with Crippen molar-refractivity contribution >= 4 is 21.7 Å². The molecule has 0 saturated carbocycles. The van der Waals surface area contributed by atoms with Crippen molar-refractivity contribution in [1.82, 2.24) is 0 Å².